The zero-order valence-electron chi connectivity index (χ0n) is 11.1. The Kier molecular flexibility index (Phi) is 3.60. The molecule has 20 heavy (non-hydrogen) atoms. The molecule has 3 rings (SSSR count). The molecule has 104 valence electrons. The Morgan fingerprint density at radius 1 is 1.50 bits per heavy atom. The van der Waals surface area contributed by atoms with Gasteiger partial charge in [0.2, 0.25) is 0 Å². The Labute approximate surface area is 120 Å². The monoisotopic (exact) mass is 289 g/mol. The van der Waals surface area contributed by atoms with Crippen molar-refractivity contribution in [2.75, 3.05) is 18.9 Å². The van der Waals surface area contributed by atoms with E-state index in [0.717, 1.165) is 30.9 Å². The zero-order chi connectivity index (χ0) is 13.9. The van der Waals surface area contributed by atoms with E-state index in [-0.39, 0.29) is 11.9 Å². The van der Waals surface area contributed by atoms with Crippen molar-refractivity contribution in [1.82, 2.24) is 19.9 Å². The number of hydrogen-bond acceptors (Lipinski definition) is 6. The molecule has 1 aliphatic heterocycles. The van der Waals surface area contributed by atoms with Gasteiger partial charge in [0.15, 0.2) is 0 Å². The molecule has 0 spiro atoms. The molecule has 1 N–H and O–H groups in total. The molecule has 0 aliphatic carbocycles. The number of anilines is 1. The molecule has 7 heteroatoms. The van der Waals surface area contributed by atoms with Gasteiger partial charge in [0, 0.05) is 19.0 Å². The summed E-state index contributed by atoms with van der Waals surface area (Å²) in [5, 5.41) is 4.76. The van der Waals surface area contributed by atoms with E-state index in [1.54, 1.807) is 30.3 Å². The van der Waals surface area contributed by atoms with Gasteiger partial charge in [0.1, 0.15) is 11.5 Å². The number of carbonyl (C=O) groups is 1. The lowest BCUT2D eigenvalue weighted by Gasteiger charge is -2.23. The van der Waals surface area contributed by atoms with Crippen molar-refractivity contribution in [3.05, 3.63) is 34.7 Å². The van der Waals surface area contributed by atoms with Crippen LogP contribution in [-0.4, -0.2) is 39.4 Å². The number of rotatable bonds is 3. The SMILES string of the molecule is CNc1cncc(C2CCCN2C(=O)c2cscn2)n1. The van der Waals surface area contributed by atoms with Crippen LogP contribution < -0.4 is 5.32 Å². The fraction of sp³-hybridized carbons (Fsp3) is 0.385. The third-order valence-electron chi connectivity index (χ3n) is 3.42. The second-order valence-corrected chi connectivity index (χ2v) is 5.33. The van der Waals surface area contributed by atoms with Crippen LogP contribution in [0.2, 0.25) is 0 Å². The van der Waals surface area contributed by atoms with Gasteiger partial charge >= 0.3 is 0 Å². The molecule has 1 fully saturated rings. The van der Waals surface area contributed by atoms with E-state index < -0.39 is 0 Å². The van der Waals surface area contributed by atoms with Gasteiger partial charge < -0.3 is 10.2 Å². The van der Waals surface area contributed by atoms with Crippen molar-refractivity contribution in [2.24, 2.45) is 0 Å². The second kappa shape index (κ2) is 5.54. The molecule has 2 aromatic rings. The number of nitrogens with one attached hydrogen (secondary N) is 1. The Morgan fingerprint density at radius 2 is 2.40 bits per heavy atom. The van der Waals surface area contributed by atoms with Gasteiger partial charge in [-0.2, -0.15) is 0 Å². The summed E-state index contributed by atoms with van der Waals surface area (Å²) >= 11 is 1.43. The number of carbonyl (C=O) groups excluding carboxylic acids is 1. The summed E-state index contributed by atoms with van der Waals surface area (Å²) in [6.07, 6.45) is 5.30. The van der Waals surface area contributed by atoms with Crippen LogP contribution in [-0.2, 0) is 0 Å². The predicted molar refractivity (Wildman–Crippen MR) is 76.7 cm³/mol. The summed E-state index contributed by atoms with van der Waals surface area (Å²) in [6.45, 7) is 0.743. The van der Waals surface area contributed by atoms with E-state index in [1.807, 2.05) is 4.90 Å². The lowest BCUT2D eigenvalue weighted by molar-refractivity contribution is 0.0727. The Morgan fingerprint density at radius 3 is 3.15 bits per heavy atom. The summed E-state index contributed by atoms with van der Waals surface area (Å²) in [6, 6.07) is -0.00926. The van der Waals surface area contributed by atoms with Gasteiger partial charge in [0.05, 0.1) is 29.6 Å². The first-order valence-corrected chi connectivity index (χ1v) is 7.42. The number of likely N-dealkylation sites (tertiary alicyclic amines) is 1. The predicted octanol–water partition coefficient (Wildman–Crippen LogP) is 1.95. The normalized spacial score (nSPS) is 18.2. The average Bonchev–Trinajstić information content (AvgIpc) is 3.17. The maximum atomic E-state index is 12.5. The van der Waals surface area contributed by atoms with Crippen molar-refractivity contribution in [3.63, 3.8) is 0 Å². The Balaban J connectivity index is 1.86. The van der Waals surface area contributed by atoms with E-state index in [0.29, 0.717) is 5.69 Å². The fourth-order valence-corrected chi connectivity index (χ4v) is 2.97. The Bertz CT molecular complexity index is 601. The smallest absolute Gasteiger partial charge is 0.273 e. The van der Waals surface area contributed by atoms with E-state index in [1.165, 1.54) is 11.3 Å². The maximum Gasteiger partial charge on any atom is 0.273 e. The van der Waals surface area contributed by atoms with E-state index in [2.05, 4.69) is 20.3 Å². The molecule has 0 radical (unpaired) electrons. The first kappa shape index (κ1) is 13.0. The van der Waals surface area contributed by atoms with Gasteiger partial charge in [-0.05, 0) is 12.8 Å². The third kappa shape index (κ3) is 2.36. The summed E-state index contributed by atoms with van der Waals surface area (Å²) in [7, 11) is 1.81. The van der Waals surface area contributed by atoms with E-state index in [4.69, 9.17) is 0 Å². The highest BCUT2D eigenvalue weighted by Gasteiger charge is 2.32. The quantitative estimate of drug-likeness (QED) is 0.935. The van der Waals surface area contributed by atoms with Crippen molar-refractivity contribution < 1.29 is 4.79 Å². The first-order valence-electron chi connectivity index (χ1n) is 6.48. The van der Waals surface area contributed by atoms with E-state index in [9.17, 15) is 4.79 Å². The molecular weight excluding hydrogens is 274 g/mol. The van der Waals surface area contributed by atoms with Gasteiger partial charge in [-0.25, -0.2) is 9.97 Å². The molecule has 2 aromatic heterocycles. The van der Waals surface area contributed by atoms with Crippen LogP contribution in [0.3, 0.4) is 0 Å². The number of hydrogen-bond donors (Lipinski definition) is 1. The van der Waals surface area contributed by atoms with Crippen LogP contribution in [0.15, 0.2) is 23.3 Å². The summed E-state index contributed by atoms with van der Waals surface area (Å²) < 4.78 is 0. The standard InChI is InChI=1S/C13H15N5OS/c1-14-12-6-15-5-9(17-12)11-3-2-4-18(11)13(19)10-7-20-8-16-10/h5-8,11H,2-4H2,1H3,(H,14,17). The average molecular weight is 289 g/mol. The maximum absolute atomic E-state index is 12.5. The van der Waals surface area contributed by atoms with Gasteiger partial charge in [-0.3, -0.25) is 9.78 Å². The number of thiazole rings is 1. The van der Waals surface area contributed by atoms with Gasteiger partial charge in [0.25, 0.3) is 5.91 Å². The highest BCUT2D eigenvalue weighted by Crippen LogP contribution is 2.32. The van der Waals surface area contributed by atoms with Gasteiger partial charge in [-0.1, -0.05) is 0 Å². The molecule has 3 heterocycles. The number of nitrogens with zero attached hydrogens (tertiary/aromatic N) is 4. The minimum Gasteiger partial charge on any atom is -0.372 e. The van der Waals surface area contributed by atoms with Crippen LogP contribution in [0.5, 0.6) is 0 Å². The summed E-state index contributed by atoms with van der Waals surface area (Å²) in [4.78, 5) is 27.1. The molecule has 1 atom stereocenters. The summed E-state index contributed by atoms with van der Waals surface area (Å²) in [5.41, 5.74) is 3.03. The van der Waals surface area contributed by atoms with Crippen LogP contribution in [0.25, 0.3) is 0 Å². The van der Waals surface area contributed by atoms with E-state index >= 15 is 0 Å². The largest absolute Gasteiger partial charge is 0.372 e. The lowest BCUT2D eigenvalue weighted by atomic mass is 10.1. The summed E-state index contributed by atoms with van der Waals surface area (Å²) in [5.74, 6) is 0.695. The highest BCUT2D eigenvalue weighted by atomic mass is 32.1. The molecule has 1 amide bonds. The molecule has 0 saturated carbocycles. The molecule has 1 saturated heterocycles. The van der Waals surface area contributed by atoms with Crippen molar-refractivity contribution in [3.8, 4) is 0 Å². The van der Waals surface area contributed by atoms with Crippen molar-refractivity contribution >= 4 is 23.1 Å². The highest BCUT2D eigenvalue weighted by molar-refractivity contribution is 7.07. The molecule has 1 unspecified atom stereocenters. The minimum atomic E-state index is -0.0228. The molecule has 6 nitrogen and oxygen atoms in total. The minimum absolute atomic E-state index is 0.00926. The topological polar surface area (TPSA) is 71.0 Å². The number of amides is 1. The Hall–Kier alpha value is -2.02. The third-order valence-corrected chi connectivity index (χ3v) is 4.00. The molecule has 1 aliphatic rings. The first-order chi connectivity index (χ1) is 9.79. The lowest BCUT2D eigenvalue weighted by Crippen LogP contribution is -2.31. The molecular formula is C13H15N5OS. The second-order valence-electron chi connectivity index (χ2n) is 4.61. The van der Waals surface area contributed by atoms with Gasteiger partial charge in [-0.15, -0.1) is 11.3 Å². The number of aromatic nitrogens is 3. The van der Waals surface area contributed by atoms with Crippen LogP contribution >= 0.6 is 11.3 Å². The van der Waals surface area contributed by atoms with Crippen molar-refractivity contribution in [1.29, 1.82) is 0 Å². The van der Waals surface area contributed by atoms with Crippen LogP contribution in [0.4, 0.5) is 5.82 Å². The molecule has 0 aromatic carbocycles. The van der Waals surface area contributed by atoms with Crippen LogP contribution in [0.1, 0.15) is 35.1 Å². The fourth-order valence-electron chi connectivity index (χ4n) is 2.44. The van der Waals surface area contributed by atoms with Crippen LogP contribution in [0, 0.1) is 0 Å². The molecule has 0 bridgehead atoms. The zero-order valence-corrected chi connectivity index (χ0v) is 11.9. The van der Waals surface area contributed by atoms with Crippen molar-refractivity contribution in [2.45, 2.75) is 18.9 Å².